The number of likely N-dealkylation sites (tertiary alicyclic amines) is 1. The number of amides is 1. The fraction of sp³-hybridized carbons (Fsp3) is 0.593. The average Bonchev–Trinajstić information content (AvgIpc) is 3.62. The number of aryl methyl sites for hydroxylation is 1. The van der Waals surface area contributed by atoms with Crippen LogP contribution in [0.15, 0.2) is 36.9 Å². The van der Waals surface area contributed by atoms with Gasteiger partial charge < -0.3 is 24.0 Å². The summed E-state index contributed by atoms with van der Waals surface area (Å²) < 4.78 is 13.0. The zero-order valence-corrected chi connectivity index (χ0v) is 21.3. The van der Waals surface area contributed by atoms with Gasteiger partial charge in [-0.3, -0.25) is 14.5 Å². The van der Waals surface area contributed by atoms with Gasteiger partial charge in [-0.25, -0.2) is 4.98 Å². The molecule has 9 nitrogen and oxygen atoms in total. The quantitative estimate of drug-likeness (QED) is 0.451. The lowest BCUT2D eigenvalue weighted by molar-refractivity contribution is -0.144. The van der Waals surface area contributed by atoms with Crippen LogP contribution in [0.3, 0.4) is 0 Å². The van der Waals surface area contributed by atoms with Gasteiger partial charge in [-0.05, 0) is 37.0 Å². The Hall–Kier alpha value is -3.07. The number of nitrogens with zero attached hydrogens (tertiary/aromatic N) is 4. The van der Waals surface area contributed by atoms with E-state index in [2.05, 4.69) is 23.7 Å². The number of hydrogen-bond acceptors (Lipinski definition) is 6. The van der Waals surface area contributed by atoms with Gasteiger partial charge in [0.25, 0.3) is 0 Å². The van der Waals surface area contributed by atoms with Crippen LogP contribution in [0.5, 0.6) is 11.5 Å². The molecule has 2 aromatic rings. The number of aromatic nitrogens is 2. The molecule has 0 bridgehead atoms. The van der Waals surface area contributed by atoms with Gasteiger partial charge in [-0.15, -0.1) is 0 Å². The minimum Gasteiger partial charge on any atom is -0.481 e. The Morgan fingerprint density at radius 3 is 2.56 bits per heavy atom. The minimum atomic E-state index is -0.836. The van der Waals surface area contributed by atoms with Gasteiger partial charge in [0.05, 0.1) is 18.8 Å². The average molecular weight is 499 g/mol. The van der Waals surface area contributed by atoms with Crippen molar-refractivity contribution in [2.45, 2.75) is 64.5 Å². The molecule has 36 heavy (non-hydrogen) atoms. The first-order valence-electron chi connectivity index (χ1n) is 13.1. The molecule has 0 radical (unpaired) electrons. The first-order chi connectivity index (χ1) is 17.5. The maximum Gasteiger partial charge on any atom is 0.308 e. The predicted octanol–water partition coefficient (Wildman–Crippen LogP) is 3.60. The number of benzene rings is 1. The number of ether oxygens (including phenoxy) is 2. The Labute approximate surface area is 213 Å². The van der Waals surface area contributed by atoms with Crippen molar-refractivity contribution in [3.63, 3.8) is 0 Å². The standard InChI is InChI=1S/C27H38N4O5/c1-3-5-11-30(12-6-4-2)25(32)17-31-16-21(20-7-8-23-24(15-20)36-19-35-23)26(27(33)34)22(31)9-13-29-14-10-28-18-29/h7-8,10,14-15,18,21-22,26H,3-6,9,11-13,16-17,19H2,1-2H3,(H,33,34)/t21-,22+,26?/m1/s1. The monoisotopic (exact) mass is 498 g/mol. The van der Waals surface area contributed by atoms with Gasteiger partial charge in [0.1, 0.15) is 0 Å². The fourth-order valence-corrected chi connectivity index (χ4v) is 5.37. The van der Waals surface area contributed by atoms with E-state index in [1.54, 1.807) is 12.5 Å². The fourth-order valence-electron chi connectivity index (χ4n) is 5.37. The van der Waals surface area contributed by atoms with E-state index in [0.29, 0.717) is 31.0 Å². The summed E-state index contributed by atoms with van der Waals surface area (Å²) in [7, 11) is 0. The van der Waals surface area contributed by atoms with Gasteiger partial charge in [0.15, 0.2) is 11.5 Å². The molecule has 2 aliphatic heterocycles. The number of aliphatic carboxylic acids is 1. The van der Waals surface area contributed by atoms with E-state index in [-0.39, 0.29) is 31.2 Å². The number of carboxylic acid groups (broad SMARTS) is 1. The van der Waals surface area contributed by atoms with Gasteiger partial charge >= 0.3 is 5.97 Å². The molecule has 1 unspecified atom stereocenters. The molecule has 1 aromatic heterocycles. The topological polar surface area (TPSA) is 97.1 Å². The number of carbonyl (C=O) groups is 2. The molecule has 1 saturated heterocycles. The van der Waals surface area contributed by atoms with Gasteiger partial charge in [-0.1, -0.05) is 32.8 Å². The normalized spacial score (nSPS) is 21.1. The molecule has 3 heterocycles. The van der Waals surface area contributed by atoms with Gasteiger partial charge in [-0.2, -0.15) is 0 Å². The van der Waals surface area contributed by atoms with Crippen LogP contribution in [0, 0.1) is 5.92 Å². The predicted molar refractivity (Wildman–Crippen MR) is 135 cm³/mol. The summed E-state index contributed by atoms with van der Waals surface area (Å²) in [4.78, 5) is 34.3. The van der Waals surface area contributed by atoms with Crippen LogP contribution in [0.1, 0.15) is 57.4 Å². The molecule has 0 aliphatic carbocycles. The smallest absolute Gasteiger partial charge is 0.308 e. The largest absolute Gasteiger partial charge is 0.481 e. The van der Waals surface area contributed by atoms with E-state index in [1.807, 2.05) is 33.9 Å². The summed E-state index contributed by atoms with van der Waals surface area (Å²) in [6.45, 7) is 7.30. The number of fused-ring (bicyclic) bond motifs is 1. The molecule has 4 rings (SSSR count). The molecule has 1 aromatic carbocycles. The summed E-state index contributed by atoms with van der Waals surface area (Å²) in [5.41, 5.74) is 0.906. The number of rotatable bonds is 13. The molecule has 196 valence electrons. The number of carboxylic acids is 1. The second kappa shape index (κ2) is 12.3. The summed E-state index contributed by atoms with van der Waals surface area (Å²) in [5.74, 6) is -0.322. The molecule has 0 saturated carbocycles. The summed E-state index contributed by atoms with van der Waals surface area (Å²) in [5, 5.41) is 10.4. The second-order valence-corrected chi connectivity index (χ2v) is 9.76. The van der Waals surface area contributed by atoms with Crippen LogP contribution >= 0.6 is 0 Å². The Balaban J connectivity index is 1.58. The number of hydrogen-bond donors (Lipinski definition) is 1. The van der Waals surface area contributed by atoms with E-state index < -0.39 is 11.9 Å². The minimum absolute atomic E-state index is 0.0833. The highest BCUT2D eigenvalue weighted by atomic mass is 16.7. The van der Waals surface area contributed by atoms with E-state index in [0.717, 1.165) is 44.3 Å². The lowest BCUT2D eigenvalue weighted by atomic mass is 9.84. The maximum absolute atomic E-state index is 13.4. The van der Waals surface area contributed by atoms with Crippen molar-refractivity contribution in [3.8, 4) is 11.5 Å². The molecule has 2 aliphatic rings. The third-order valence-electron chi connectivity index (χ3n) is 7.35. The van der Waals surface area contributed by atoms with Crippen molar-refractivity contribution in [3.05, 3.63) is 42.5 Å². The summed E-state index contributed by atoms with van der Waals surface area (Å²) >= 11 is 0. The van der Waals surface area contributed by atoms with Gasteiger partial charge in [0.2, 0.25) is 12.7 Å². The van der Waals surface area contributed by atoms with E-state index >= 15 is 0 Å². The van der Waals surface area contributed by atoms with Crippen LogP contribution in [0.4, 0.5) is 0 Å². The summed E-state index contributed by atoms with van der Waals surface area (Å²) in [6.07, 6.45) is 9.96. The van der Waals surface area contributed by atoms with Crippen LogP contribution in [0.2, 0.25) is 0 Å². The Kier molecular flexibility index (Phi) is 8.85. The van der Waals surface area contributed by atoms with Crippen LogP contribution in [-0.4, -0.2) is 75.3 Å². The van der Waals surface area contributed by atoms with Gasteiger partial charge in [0, 0.05) is 50.5 Å². The molecule has 0 spiro atoms. The van der Waals surface area contributed by atoms with E-state index in [4.69, 9.17) is 9.47 Å². The Morgan fingerprint density at radius 2 is 1.89 bits per heavy atom. The molecule has 1 amide bonds. The zero-order chi connectivity index (χ0) is 25.5. The maximum atomic E-state index is 13.4. The molecule has 9 heteroatoms. The molecule has 1 N–H and O–H groups in total. The van der Waals surface area contributed by atoms with Crippen molar-refractivity contribution in [1.82, 2.24) is 19.4 Å². The van der Waals surface area contributed by atoms with Crippen molar-refractivity contribution in [1.29, 1.82) is 0 Å². The third kappa shape index (κ3) is 6.00. The highest BCUT2D eigenvalue weighted by Gasteiger charge is 2.47. The Bertz CT molecular complexity index is 1000. The third-order valence-corrected chi connectivity index (χ3v) is 7.35. The summed E-state index contributed by atoms with van der Waals surface area (Å²) in [6, 6.07) is 5.41. The lowest BCUT2D eigenvalue weighted by Gasteiger charge is -2.30. The van der Waals surface area contributed by atoms with Crippen LogP contribution < -0.4 is 9.47 Å². The number of unbranched alkanes of at least 4 members (excludes halogenated alkanes) is 2. The van der Waals surface area contributed by atoms with E-state index in [1.165, 1.54) is 0 Å². The first kappa shape index (κ1) is 26.0. The lowest BCUT2D eigenvalue weighted by Crippen LogP contribution is -2.45. The number of carbonyl (C=O) groups excluding carboxylic acids is 1. The molecule has 1 fully saturated rings. The van der Waals surface area contributed by atoms with Crippen molar-refractivity contribution < 1.29 is 24.2 Å². The zero-order valence-electron chi connectivity index (χ0n) is 21.3. The highest BCUT2D eigenvalue weighted by Crippen LogP contribution is 2.42. The highest BCUT2D eigenvalue weighted by molar-refractivity contribution is 5.79. The molecular formula is C27H38N4O5. The van der Waals surface area contributed by atoms with Crippen LogP contribution in [0.25, 0.3) is 0 Å². The number of imidazole rings is 1. The SMILES string of the molecule is CCCCN(CCCC)C(=O)CN1C[C@H](c2ccc3c(c2)OCO3)C(C(=O)O)[C@@H]1CCn1ccnc1. The van der Waals surface area contributed by atoms with Crippen molar-refractivity contribution in [2.24, 2.45) is 5.92 Å². The van der Waals surface area contributed by atoms with Crippen LogP contribution in [-0.2, 0) is 16.1 Å². The van der Waals surface area contributed by atoms with Crippen molar-refractivity contribution >= 4 is 11.9 Å². The van der Waals surface area contributed by atoms with Crippen molar-refractivity contribution in [2.75, 3.05) is 33.0 Å². The molecular weight excluding hydrogens is 460 g/mol. The Morgan fingerprint density at radius 1 is 1.14 bits per heavy atom. The first-order valence-corrected chi connectivity index (χ1v) is 13.1. The second-order valence-electron chi connectivity index (χ2n) is 9.76. The van der Waals surface area contributed by atoms with E-state index in [9.17, 15) is 14.7 Å². The molecule has 3 atom stereocenters.